The van der Waals surface area contributed by atoms with Gasteiger partial charge in [-0.2, -0.15) is 0 Å². The van der Waals surface area contributed by atoms with Gasteiger partial charge in [0.15, 0.2) is 0 Å². The molecule has 0 amide bonds. The van der Waals surface area contributed by atoms with Gasteiger partial charge in [0.1, 0.15) is 0 Å². The van der Waals surface area contributed by atoms with Gasteiger partial charge in [0, 0.05) is 11.3 Å². The minimum Gasteiger partial charge on any atom is -0.253 e. The van der Waals surface area contributed by atoms with Gasteiger partial charge >= 0.3 is 0 Å². The smallest absolute Gasteiger partial charge is 0.0707 e. The lowest BCUT2D eigenvalue weighted by atomic mass is 10.1. The second-order valence-electron chi connectivity index (χ2n) is 4.04. The molecule has 0 unspecified atom stereocenters. The number of pyridine rings is 1. The first kappa shape index (κ1) is 9.91. The fourth-order valence-electron chi connectivity index (χ4n) is 1.71. The Morgan fingerprint density at radius 2 is 1.47 bits per heavy atom. The zero-order chi connectivity index (χ0) is 10.8. The Bertz CT molecular complexity index is 449. The molecule has 0 bridgehead atoms. The number of benzene rings is 1. The van der Waals surface area contributed by atoms with Crippen LogP contribution in [0.25, 0.3) is 11.3 Å². The Morgan fingerprint density at radius 1 is 0.800 bits per heavy atom. The molecule has 0 spiro atoms. The maximum Gasteiger partial charge on any atom is 0.0707 e. The van der Waals surface area contributed by atoms with Gasteiger partial charge in [0.05, 0.1) is 5.69 Å². The summed E-state index contributed by atoms with van der Waals surface area (Å²) in [5.74, 6) is 0. The van der Waals surface area contributed by atoms with E-state index in [-0.39, 0.29) is 0 Å². The van der Waals surface area contributed by atoms with Gasteiger partial charge in [-0.1, -0.05) is 29.8 Å². The Balaban J connectivity index is 2.49. The average Bonchev–Trinajstić information content (AvgIpc) is 2.17. The molecule has 0 N–H and O–H groups in total. The fourth-order valence-corrected chi connectivity index (χ4v) is 1.71. The number of hydrogen-bond acceptors (Lipinski definition) is 1. The second kappa shape index (κ2) is 3.85. The van der Waals surface area contributed by atoms with E-state index in [1.165, 1.54) is 16.7 Å². The molecule has 0 atom stereocenters. The van der Waals surface area contributed by atoms with Gasteiger partial charge in [-0.15, -0.1) is 0 Å². The van der Waals surface area contributed by atoms with Crippen LogP contribution < -0.4 is 0 Å². The molecule has 15 heavy (non-hydrogen) atoms. The number of nitrogens with zero attached hydrogens (tertiary/aromatic N) is 1. The maximum atomic E-state index is 4.53. The van der Waals surface area contributed by atoms with E-state index >= 15 is 0 Å². The Labute approximate surface area is 90.8 Å². The predicted octanol–water partition coefficient (Wildman–Crippen LogP) is 3.67. The molecule has 0 aliphatic carbocycles. The minimum absolute atomic E-state index is 1.06. The molecule has 0 saturated heterocycles. The summed E-state index contributed by atoms with van der Waals surface area (Å²) >= 11 is 0. The van der Waals surface area contributed by atoms with Crippen molar-refractivity contribution in [2.24, 2.45) is 0 Å². The van der Waals surface area contributed by atoms with Crippen molar-refractivity contribution in [1.29, 1.82) is 0 Å². The highest BCUT2D eigenvalue weighted by atomic mass is 14.7. The molecule has 1 nitrogen and oxygen atoms in total. The summed E-state index contributed by atoms with van der Waals surface area (Å²) in [6.07, 6.45) is 0. The van der Waals surface area contributed by atoms with E-state index in [0.29, 0.717) is 0 Å². The number of aromatic nitrogens is 1. The lowest BCUT2D eigenvalue weighted by molar-refractivity contribution is 1.18. The molecule has 1 aromatic carbocycles. The van der Waals surface area contributed by atoms with Crippen LogP contribution in [0.2, 0.25) is 0 Å². The van der Waals surface area contributed by atoms with E-state index in [9.17, 15) is 0 Å². The molecule has 1 heterocycles. The first-order valence-corrected chi connectivity index (χ1v) is 5.17. The van der Waals surface area contributed by atoms with Gasteiger partial charge < -0.3 is 0 Å². The molecular formula is C14H15N. The largest absolute Gasteiger partial charge is 0.253 e. The zero-order valence-corrected chi connectivity index (χ0v) is 9.41. The van der Waals surface area contributed by atoms with Crippen LogP contribution in [0.3, 0.4) is 0 Å². The number of hydrogen-bond donors (Lipinski definition) is 0. The van der Waals surface area contributed by atoms with Crippen molar-refractivity contribution in [2.75, 3.05) is 0 Å². The monoisotopic (exact) mass is 197 g/mol. The van der Waals surface area contributed by atoms with Gasteiger partial charge in [-0.05, 0) is 38.5 Å². The van der Waals surface area contributed by atoms with Gasteiger partial charge in [-0.3, -0.25) is 4.98 Å². The topological polar surface area (TPSA) is 12.9 Å². The Hall–Kier alpha value is -1.63. The molecule has 0 saturated carbocycles. The summed E-state index contributed by atoms with van der Waals surface area (Å²) < 4.78 is 0. The van der Waals surface area contributed by atoms with Crippen LogP contribution in [-0.2, 0) is 0 Å². The lowest BCUT2D eigenvalue weighted by Gasteiger charge is -2.04. The van der Waals surface area contributed by atoms with Crippen molar-refractivity contribution in [3.8, 4) is 11.3 Å². The summed E-state index contributed by atoms with van der Waals surface area (Å²) in [6.45, 7) is 6.23. The fraction of sp³-hybridized carbons (Fsp3) is 0.214. The van der Waals surface area contributed by atoms with Crippen molar-refractivity contribution in [2.45, 2.75) is 20.8 Å². The van der Waals surface area contributed by atoms with Gasteiger partial charge in [-0.25, -0.2) is 0 Å². The van der Waals surface area contributed by atoms with E-state index in [4.69, 9.17) is 0 Å². The number of rotatable bonds is 1. The molecule has 0 fully saturated rings. The third-order valence-corrected chi connectivity index (χ3v) is 2.45. The summed E-state index contributed by atoms with van der Waals surface area (Å²) in [4.78, 5) is 4.53. The molecule has 2 rings (SSSR count). The minimum atomic E-state index is 1.06. The van der Waals surface area contributed by atoms with Crippen LogP contribution in [0, 0.1) is 20.8 Å². The van der Waals surface area contributed by atoms with E-state index < -0.39 is 0 Å². The maximum absolute atomic E-state index is 4.53. The molecule has 0 radical (unpaired) electrons. The van der Waals surface area contributed by atoms with Crippen molar-refractivity contribution in [3.05, 3.63) is 53.2 Å². The summed E-state index contributed by atoms with van der Waals surface area (Å²) in [5.41, 5.74) is 5.87. The summed E-state index contributed by atoms with van der Waals surface area (Å²) in [6, 6.07) is 12.7. The van der Waals surface area contributed by atoms with E-state index in [2.05, 4.69) is 55.2 Å². The highest BCUT2D eigenvalue weighted by molar-refractivity contribution is 5.60. The van der Waals surface area contributed by atoms with E-state index in [1.807, 2.05) is 6.92 Å². The third kappa shape index (κ3) is 2.24. The Kier molecular flexibility index (Phi) is 2.55. The van der Waals surface area contributed by atoms with Crippen molar-refractivity contribution >= 4 is 0 Å². The van der Waals surface area contributed by atoms with Gasteiger partial charge in [0.2, 0.25) is 0 Å². The van der Waals surface area contributed by atoms with Crippen LogP contribution in [0.4, 0.5) is 0 Å². The Morgan fingerprint density at radius 3 is 2.07 bits per heavy atom. The molecule has 1 aromatic heterocycles. The molecule has 0 aliphatic heterocycles. The predicted molar refractivity (Wildman–Crippen MR) is 63.9 cm³/mol. The van der Waals surface area contributed by atoms with Crippen molar-refractivity contribution in [1.82, 2.24) is 4.98 Å². The molecular weight excluding hydrogens is 182 g/mol. The normalized spacial score (nSPS) is 10.3. The zero-order valence-electron chi connectivity index (χ0n) is 9.41. The quantitative estimate of drug-likeness (QED) is 0.679. The van der Waals surface area contributed by atoms with Crippen molar-refractivity contribution in [3.63, 3.8) is 0 Å². The third-order valence-electron chi connectivity index (χ3n) is 2.45. The standard InChI is InChI=1S/C14H15N/c1-10-4-6-13(7-5-10)14-9-11(2)8-12(3)15-14/h4-9H,1-3H3. The molecule has 2 aromatic rings. The summed E-state index contributed by atoms with van der Waals surface area (Å²) in [7, 11) is 0. The molecule has 0 aliphatic rings. The van der Waals surface area contributed by atoms with Crippen LogP contribution in [0.5, 0.6) is 0 Å². The SMILES string of the molecule is Cc1ccc(-c2cc(C)cc(C)n2)cc1. The first-order chi connectivity index (χ1) is 7.15. The molecule has 1 heteroatoms. The van der Waals surface area contributed by atoms with Crippen LogP contribution >= 0.6 is 0 Å². The highest BCUT2D eigenvalue weighted by Gasteiger charge is 2.00. The van der Waals surface area contributed by atoms with E-state index in [0.717, 1.165) is 11.4 Å². The van der Waals surface area contributed by atoms with E-state index in [1.54, 1.807) is 0 Å². The molecule has 76 valence electrons. The van der Waals surface area contributed by atoms with Crippen LogP contribution in [-0.4, -0.2) is 4.98 Å². The second-order valence-corrected chi connectivity index (χ2v) is 4.04. The van der Waals surface area contributed by atoms with Crippen LogP contribution in [0.15, 0.2) is 36.4 Å². The van der Waals surface area contributed by atoms with Gasteiger partial charge in [0.25, 0.3) is 0 Å². The van der Waals surface area contributed by atoms with Crippen LogP contribution in [0.1, 0.15) is 16.8 Å². The lowest BCUT2D eigenvalue weighted by Crippen LogP contribution is -1.88. The number of aryl methyl sites for hydroxylation is 3. The van der Waals surface area contributed by atoms with Crippen molar-refractivity contribution < 1.29 is 0 Å². The highest BCUT2D eigenvalue weighted by Crippen LogP contribution is 2.19. The summed E-state index contributed by atoms with van der Waals surface area (Å²) in [5, 5.41) is 0. The average molecular weight is 197 g/mol. The first-order valence-electron chi connectivity index (χ1n) is 5.17.